The molecule has 0 saturated heterocycles. The van der Waals surface area contributed by atoms with E-state index in [0.717, 1.165) is 12.5 Å². The molecule has 1 unspecified atom stereocenters. The highest BCUT2D eigenvalue weighted by atomic mass is 28.3. The summed E-state index contributed by atoms with van der Waals surface area (Å²) in [5.74, 6) is 0. The second-order valence-corrected chi connectivity index (χ2v) is 10.1. The van der Waals surface area contributed by atoms with E-state index in [1.807, 2.05) is 0 Å². The fraction of sp³-hybridized carbons (Fsp3) is 1.00. The molecule has 0 rings (SSSR count). The first-order chi connectivity index (χ1) is 6.38. The van der Waals surface area contributed by atoms with Crippen LogP contribution >= 0.6 is 0 Å². The fourth-order valence-electron chi connectivity index (χ4n) is 2.38. The molecule has 0 aromatic carbocycles. The Morgan fingerprint density at radius 2 is 1.86 bits per heavy atom. The SMILES string of the molecule is CCC(C)(C)[Si](CC)(N=[N+]=[N-])C(C)C. The third kappa shape index (κ3) is 2.12. The van der Waals surface area contributed by atoms with Crippen LogP contribution in [0, 0.1) is 0 Å². The molecule has 14 heavy (non-hydrogen) atoms. The Bertz CT molecular complexity index is 232. The first-order valence-electron chi connectivity index (χ1n) is 5.44. The Balaban J connectivity index is 5.34. The van der Waals surface area contributed by atoms with Gasteiger partial charge in [0.2, 0.25) is 0 Å². The summed E-state index contributed by atoms with van der Waals surface area (Å²) >= 11 is 0. The Hall–Kier alpha value is -0.473. The van der Waals surface area contributed by atoms with E-state index in [1.165, 1.54) is 0 Å². The zero-order valence-electron chi connectivity index (χ0n) is 10.3. The molecule has 0 bridgehead atoms. The quantitative estimate of drug-likeness (QED) is 0.271. The van der Waals surface area contributed by atoms with Crippen LogP contribution in [0.2, 0.25) is 16.6 Å². The summed E-state index contributed by atoms with van der Waals surface area (Å²) in [7, 11) is -1.87. The van der Waals surface area contributed by atoms with Crippen molar-refractivity contribution in [3.8, 4) is 0 Å². The summed E-state index contributed by atoms with van der Waals surface area (Å²) in [6.07, 6.45) is 1.09. The third-order valence-corrected chi connectivity index (χ3v) is 9.91. The average Bonchev–Trinajstić information content (AvgIpc) is 2.13. The summed E-state index contributed by atoms with van der Waals surface area (Å²) in [4.78, 5) is 3.10. The molecule has 0 aromatic heterocycles. The largest absolute Gasteiger partial charge is 0.163 e. The molecule has 0 aliphatic carbocycles. The first kappa shape index (κ1) is 13.5. The summed E-state index contributed by atoms with van der Waals surface area (Å²) in [6.45, 7) is 13.2. The maximum Gasteiger partial charge on any atom is 0.163 e. The van der Waals surface area contributed by atoms with Crippen molar-refractivity contribution in [3.05, 3.63) is 10.4 Å². The van der Waals surface area contributed by atoms with Crippen molar-refractivity contribution in [2.75, 3.05) is 0 Å². The van der Waals surface area contributed by atoms with Gasteiger partial charge in [-0.3, -0.25) is 0 Å². The molecule has 0 heterocycles. The van der Waals surface area contributed by atoms with Gasteiger partial charge in [0.25, 0.3) is 0 Å². The standard InChI is InChI=1S/C10H23N3Si/c1-7-10(5,6)14(8-2,9(3)4)13-12-11/h9H,7-8H2,1-6H3. The van der Waals surface area contributed by atoms with E-state index in [-0.39, 0.29) is 5.04 Å². The minimum absolute atomic E-state index is 0.197. The molecule has 0 amide bonds. The summed E-state index contributed by atoms with van der Waals surface area (Å²) in [5.41, 5.74) is 9.25. The van der Waals surface area contributed by atoms with Gasteiger partial charge < -0.3 is 0 Å². The molecular weight excluding hydrogens is 190 g/mol. The smallest absolute Gasteiger partial charge is 0.123 e. The highest BCUT2D eigenvalue weighted by Crippen LogP contribution is 2.49. The van der Waals surface area contributed by atoms with Gasteiger partial charge in [-0.2, -0.15) is 0 Å². The highest BCUT2D eigenvalue weighted by Gasteiger charge is 2.46. The second kappa shape index (κ2) is 4.85. The predicted molar refractivity (Wildman–Crippen MR) is 64.8 cm³/mol. The van der Waals surface area contributed by atoms with Crippen molar-refractivity contribution in [2.45, 2.75) is 64.6 Å². The fourth-order valence-corrected chi connectivity index (χ4v) is 7.13. The van der Waals surface area contributed by atoms with Gasteiger partial charge in [0.1, 0.15) is 0 Å². The Morgan fingerprint density at radius 1 is 1.36 bits per heavy atom. The number of hydrogen-bond acceptors (Lipinski definition) is 1. The Labute approximate surface area is 88.6 Å². The predicted octanol–water partition coefficient (Wildman–Crippen LogP) is 4.86. The van der Waals surface area contributed by atoms with Gasteiger partial charge in [-0.25, -0.2) is 0 Å². The summed E-state index contributed by atoms with van der Waals surface area (Å²) < 4.78 is 4.24. The lowest BCUT2D eigenvalue weighted by Gasteiger charge is -2.43. The van der Waals surface area contributed by atoms with E-state index in [0.29, 0.717) is 5.54 Å². The second-order valence-electron chi connectivity index (χ2n) is 4.86. The van der Waals surface area contributed by atoms with Crippen LogP contribution in [0.3, 0.4) is 0 Å². The van der Waals surface area contributed by atoms with Crippen LogP contribution in [-0.2, 0) is 0 Å². The van der Waals surface area contributed by atoms with Gasteiger partial charge in [0, 0.05) is 0 Å². The van der Waals surface area contributed by atoms with Gasteiger partial charge in [0.15, 0.2) is 8.24 Å². The van der Waals surface area contributed by atoms with Crippen LogP contribution in [-0.4, -0.2) is 8.24 Å². The van der Waals surface area contributed by atoms with Crippen LogP contribution in [0.25, 0.3) is 10.4 Å². The van der Waals surface area contributed by atoms with E-state index in [9.17, 15) is 0 Å². The lowest BCUT2D eigenvalue weighted by molar-refractivity contribution is 0.592. The van der Waals surface area contributed by atoms with Crippen molar-refractivity contribution in [1.29, 1.82) is 0 Å². The molecule has 0 spiro atoms. The topological polar surface area (TPSA) is 48.8 Å². The molecule has 4 heteroatoms. The van der Waals surface area contributed by atoms with Crippen molar-refractivity contribution < 1.29 is 0 Å². The normalized spacial score (nSPS) is 16.2. The van der Waals surface area contributed by atoms with Gasteiger partial charge in [-0.15, -0.1) is 4.78 Å². The molecule has 0 radical (unpaired) electrons. The molecule has 0 N–H and O–H groups in total. The lowest BCUT2D eigenvalue weighted by Crippen LogP contribution is -2.45. The molecule has 0 aromatic rings. The van der Waals surface area contributed by atoms with Crippen LogP contribution in [0.1, 0.15) is 48.0 Å². The molecule has 0 aliphatic heterocycles. The molecule has 0 fully saturated rings. The van der Waals surface area contributed by atoms with Gasteiger partial charge in [-0.1, -0.05) is 54.0 Å². The van der Waals surface area contributed by atoms with Crippen LogP contribution in [0.4, 0.5) is 0 Å². The number of hydrogen-bond donors (Lipinski definition) is 0. The average molecular weight is 213 g/mol. The van der Waals surface area contributed by atoms with E-state index in [1.54, 1.807) is 0 Å². The van der Waals surface area contributed by atoms with Crippen LogP contribution in [0.5, 0.6) is 0 Å². The van der Waals surface area contributed by atoms with Gasteiger partial charge in [0.05, 0.1) is 0 Å². The minimum Gasteiger partial charge on any atom is -0.123 e. The first-order valence-corrected chi connectivity index (χ1v) is 7.67. The lowest BCUT2D eigenvalue weighted by atomic mass is 10.1. The maximum absolute atomic E-state index is 8.73. The molecular formula is C10H23N3Si. The number of rotatable bonds is 5. The third-order valence-electron chi connectivity index (χ3n) is 3.77. The summed E-state index contributed by atoms with van der Waals surface area (Å²) in [6, 6.07) is 1.04. The van der Waals surface area contributed by atoms with Crippen LogP contribution < -0.4 is 0 Å². The molecule has 0 saturated carbocycles. The van der Waals surface area contributed by atoms with E-state index in [4.69, 9.17) is 5.53 Å². The Morgan fingerprint density at radius 3 is 2.07 bits per heavy atom. The molecule has 0 aliphatic rings. The van der Waals surface area contributed by atoms with Crippen molar-refractivity contribution in [3.63, 3.8) is 0 Å². The number of azide groups is 1. The highest BCUT2D eigenvalue weighted by molar-refractivity contribution is 6.82. The summed E-state index contributed by atoms with van der Waals surface area (Å²) in [5, 5.41) is 0.197. The molecule has 3 nitrogen and oxygen atoms in total. The Kier molecular flexibility index (Phi) is 4.69. The molecule has 82 valence electrons. The van der Waals surface area contributed by atoms with Gasteiger partial charge >= 0.3 is 0 Å². The van der Waals surface area contributed by atoms with Gasteiger partial charge in [-0.05, 0) is 21.0 Å². The monoisotopic (exact) mass is 213 g/mol. The zero-order chi connectivity index (χ0) is 11.4. The van der Waals surface area contributed by atoms with Crippen LogP contribution in [0.15, 0.2) is 4.78 Å². The molecule has 1 atom stereocenters. The van der Waals surface area contributed by atoms with Crippen molar-refractivity contribution in [1.82, 2.24) is 0 Å². The van der Waals surface area contributed by atoms with Crippen molar-refractivity contribution >= 4 is 8.24 Å². The minimum atomic E-state index is -1.87. The zero-order valence-corrected chi connectivity index (χ0v) is 11.3. The van der Waals surface area contributed by atoms with E-state index in [2.05, 4.69) is 51.2 Å². The number of nitrogens with zero attached hydrogens (tertiary/aromatic N) is 3. The van der Waals surface area contributed by atoms with E-state index < -0.39 is 8.24 Å². The maximum atomic E-state index is 8.73. The van der Waals surface area contributed by atoms with Crippen molar-refractivity contribution in [2.24, 2.45) is 4.78 Å². The van der Waals surface area contributed by atoms with E-state index >= 15 is 0 Å².